The Hall–Kier alpha value is -2.07. The zero-order valence-corrected chi connectivity index (χ0v) is 12.0. The number of aromatic nitrogens is 2. The lowest BCUT2D eigenvalue weighted by Crippen LogP contribution is -2.17. The molecule has 7 nitrogen and oxygen atoms in total. The summed E-state index contributed by atoms with van der Waals surface area (Å²) in [5, 5.41) is 23.0. The Balaban J connectivity index is 2.20. The maximum absolute atomic E-state index is 13.2. The number of benzene rings is 1. The molecule has 0 aliphatic rings. The lowest BCUT2D eigenvalue weighted by molar-refractivity contribution is 0.297. The van der Waals surface area contributed by atoms with E-state index in [0.29, 0.717) is 28.5 Å². The molecule has 0 saturated heterocycles. The van der Waals surface area contributed by atoms with Crippen molar-refractivity contribution in [2.45, 2.75) is 5.03 Å². The molecule has 2 aromatic rings. The maximum atomic E-state index is 13.2. The van der Waals surface area contributed by atoms with Crippen LogP contribution in [0.15, 0.2) is 33.0 Å². The predicted molar refractivity (Wildman–Crippen MR) is 80.6 cm³/mol. The minimum atomic E-state index is -0.315. The van der Waals surface area contributed by atoms with Crippen LogP contribution in [-0.4, -0.2) is 41.5 Å². The van der Waals surface area contributed by atoms with Gasteiger partial charge in [0.1, 0.15) is 13.7 Å². The van der Waals surface area contributed by atoms with E-state index in [0.717, 1.165) is 0 Å². The number of nitrogens with one attached hydrogen (secondary N) is 1. The third kappa shape index (κ3) is 3.73. The van der Waals surface area contributed by atoms with E-state index in [9.17, 15) is 4.39 Å². The SMILES string of the molecule is Bc1cc(N/C(=N\O)c2nonc2SCCN)ccc1F. The number of rotatable bonds is 5. The number of nitrogens with two attached hydrogens (primary N) is 1. The molecule has 0 radical (unpaired) electrons. The summed E-state index contributed by atoms with van der Waals surface area (Å²) in [5.74, 6) is 0.363. The highest BCUT2D eigenvalue weighted by molar-refractivity contribution is 7.99. The highest BCUT2D eigenvalue weighted by Gasteiger charge is 2.18. The quantitative estimate of drug-likeness (QED) is 0.175. The number of anilines is 1. The van der Waals surface area contributed by atoms with Crippen molar-refractivity contribution in [1.29, 1.82) is 0 Å². The lowest BCUT2D eigenvalue weighted by Gasteiger charge is -2.07. The van der Waals surface area contributed by atoms with E-state index in [-0.39, 0.29) is 17.3 Å². The molecule has 21 heavy (non-hydrogen) atoms. The second kappa shape index (κ2) is 7.09. The second-order valence-corrected chi connectivity index (χ2v) is 5.18. The van der Waals surface area contributed by atoms with Crippen LogP contribution in [0.25, 0.3) is 0 Å². The molecule has 0 fully saturated rings. The van der Waals surface area contributed by atoms with E-state index < -0.39 is 0 Å². The number of amidine groups is 1. The molecule has 4 N–H and O–H groups in total. The monoisotopic (exact) mass is 309 g/mol. The highest BCUT2D eigenvalue weighted by atomic mass is 32.2. The van der Waals surface area contributed by atoms with E-state index in [1.54, 1.807) is 13.9 Å². The Morgan fingerprint density at radius 3 is 3.00 bits per heavy atom. The maximum Gasteiger partial charge on any atom is 0.202 e. The fourth-order valence-corrected chi connectivity index (χ4v) is 2.23. The molecule has 0 atom stereocenters. The Labute approximate surface area is 125 Å². The van der Waals surface area contributed by atoms with Crippen LogP contribution in [0.4, 0.5) is 10.1 Å². The van der Waals surface area contributed by atoms with Crippen LogP contribution in [-0.2, 0) is 0 Å². The smallest absolute Gasteiger partial charge is 0.202 e. The van der Waals surface area contributed by atoms with Crippen LogP contribution >= 0.6 is 11.8 Å². The summed E-state index contributed by atoms with van der Waals surface area (Å²) in [7, 11) is 1.64. The molecule has 0 spiro atoms. The molecule has 2 rings (SSSR count). The van der Waals surface area contributed by atoms with Gasteiger partial charge >= 0.3 is 0 Å². The minimum absolute atomic E-state index is 0.0572. The van der Waals surface area contributed by atoms with Crippen molar-refractivity contribution in [2.24, 2.45) is 10.9 Å². The molecular weight excluding hydrogens is 296 g/mol. The molecule has 0 unspecified atom stereocenters. The molecule has 10 heteroatoms. The van der Waals surface area contributed by atoms with E-state index in [4.69, 9.17) is 10.9 Å². The first kappa shape index (κ1) is 15.3. The minimum Gasteiger partial charge on any atom is -0.409 e. The first-order valence-electron chi connectivity index (χ1n) is 6.06. The van der Waals surface area contributed by atoms with E-state index in [1.165, 1.54) is 23.9 Å². The summed E-state index contributed by atoms with van der Waals surface area (Å²) in [6.45, 7) is 0.465. The summed E-state index contributed by atoms with van der Waals surface area (Å²) in [6.07, 6.45) is 0. The molecule has 1 aromatic carbocycles. The summed E-state index contributed by atoms with van der Waals surface area (Å²) < 4.78 is 17.9. The van der Waals surface area contributed by atoms with Crippen LogP contribution in [0, 0.1) is 5.82 Å². The average Bonchev–Trinajstić information content (AvgIpc) is 2.94. The number of hydrogen-bond acceptors (Lipinski definition) is 7. The predicted octanol–water partition coefficient (Wildman–Crippen LogP) is -0.234. The normalized spacial score (nSPS) is 11.6. The average molecular weight is 309 g/mol. The van der Waals surface area contributed by atoms with Gasteiger partial charge in [-0.2, -0.15) is 0 Å². The van der Waals surface area contributed by atoms with Gasteiger partial charge in [-0.1, -0.05) is 22.4 Å². The molecule has 1 heterocycles. The van der Waals surface area contributed by atoms with E-state index in [2.05, 4.69) is 25.4 Å². The van der Waals surface area contributed by atoms with Crippen LogP contribution in [0.5, 0.6) is 0 Å². The van der Waals surface area contributed by atoms with Gasteiger partial charge in [-0.3, -0.25) is 0 Å². The first-order valence-corrected chi connectivity index (χ1v) is 7.05. The molecule has 0 saturated carbocycles. The largest absolute Gasteiger partial charge is 0.409 e. The van der Waals surface area contributed by atoms with Gasteiger partial charge in [0.25, 0.3) is 0 Å². The molecule has 0 aliphatic heterocycles. The van der Waals surface area contributed by atoms with Crippen LogP contribution < -0.4 is 16.5 Å². The van der Waals surface area contributed by atoms with Crippen molar-refractivity contribution in [1.82, 2.24) is 10.3 Å². The Morgan fingerprint density at radius 1 is 1.52 bits per heavy atom. The summed E-state index contributed by atoms with van der Waals surface area (Å²) in [4.78, 5) is 0. The molecular formula is C11H13BFN5O2S. The fraction of sp³-hybridized carbons (Fsp3) is 0.182. The van der Waals surface area contributed by atoms with Crippen molar-refractivity contribution in [3.8, 4) is 0 Å². The van der Waals surface area contributed by atoms with Crippen molar-refractivity contribution >= 4 is 36.6 Å². The van der Waals surface area contributed by atoms with Gasteiger partial charge in [-0.05, 0) is 28.5 Å². The van der Waals surface area contributed by atoms with Crippen molar-refractivity contribution < 1.29 is 14.2 Å². The molecule has 1 aromatic heterocycles. The molecule has 110 valence electrons. The Kier molecular flexibility index (Phi) is 5.17. The first-order chi connectivity index (χ1) is 10.2. The third-order valence-corrected chi connectivity index (χ3v) is 3.54. The van der Waals surface area contributed by atoms with Gasteiger partial charge in [-0.25, -0.2) is 9.02 Å². The molecule has 0 aliphatic carbocycles. The number of hydrogen-bond donors (Lipinski definition) is 3. The lowest BCUT2D eigenvalue weighted by atomic mass is 9.95. The van der Waals surface area contributed by atoms with Gasteiger partial charge in [0, 0.05) is 18.0 Å². The van der Waals surface area contributed by atoms with Crippen LogP contribution in [0.3, 0.4) is 0 Å². The van der Waals surface area contributed by atoms with E-state index in [1.807, 2.05) is 0 Å². The third-order valence-electron chi connectivity index (χ3n) is 2.56. The number of nitrogens with zero attached hydrogens (tertiary/aromatic N) is 3. The van der Waals surface area contributed by atoms with Crippen LogP contribution in [0.2, 0.25) is 0 Å². The fourth-order valence-electron chi connectivity index (χ4n) is 1.57. The molecule has 0 amide bonds. The molecule has 0 bridgehead atoms. The van der Waals surface area contributed by atoms with Gasteiger partial charge in [-0.15, -0.1) is 0 Å². The van der Waals surface area contributed by atoms with Crippen molar-refractivity contribution in [3.63, 3.8) is 0 Å². The van der Waals surface area contributed by atoms with Gasteiger partial charge < -0.3 is 16.3 Å². The Bertz CT molecular complexity index is 651. The van der Waals surface area contributed by atoms with Crippen molar-refractivity contribution in [2.75, 3.05) is 17.6 Å². The number of halogens is 1. The summed E-state index contributed by atoms with van der Waals surface area (Å²) in [6, 6.07) is 4.42. The summed E-state index contributed by atoms with van der Waals surface area (Å²) >= 11 is 1.33. The topological polar surface area (TPSA) is 110 Å². The van der Waals surface area contributed by atoms with E-state index >= 15 is 0 Å². The highest BCUT2D eigenvalue weighted by Crippen LogP contribution is 2.20. The van der Waals surface area contributed by atoms with Gasteiger partial charge in [0.15, 0.2) is 10.7 Å². The second-order valence-electron chi connectivity index (χ2n) is 4.09. The number of thioether (sulfide) groups is 1. The van der Waals surface area contributed by atoms with Crippen LogP contribution in [0.1, 0.15) is 5.69 Å². The van der Waals surface area contributed by atoms with Gasteiger partial charge in [0.2, 0.25) is 5.84 Å². The standard InChI is InChI=1S/C11H13BFN5O2S/c12-7-5-6(1-2-8(7)13)15-10(16-19)9-11(18-20-17-9)21-4-3-14/h1-2,5,19H,3-4,12,14H2,(H,15,16). The number of oxime groups is 1. The zero-order chi connectivity index (χ0) is 15.2. The summed E-state index contributed by atoms with van der Waals surface area (Å²) in [5.41, 5.74) is 6.71. The van der Waals surface area contributed by atoms with Gasteiger partial charge in [0.05, 0.1) is 0 Å². The Morgan fingerprint density at radius 2 is 2.33 bits per heavy atom. The zero-order valence-electron chi connectivity index (χ0n) is 11.2. The van der Waals surface area contributed by atoms with Crippen molar-refractivity contribution in [3.05, 3.63) is 29.7 Å².